The van der Waals surface area contributed by atoms with Gasteiger partial charge in [0.1, 0.15) is 11.3 Å². The molecule has 1 unspecified atom stereocenters. The lowest BCUT2D eigenvalue weighted by Crippen LogP contribution is -2.12. The first kappa shape index (κ1) is 21.5. The van der Waals surface area contributed by atoms with Crippen molar-refractivity contribution in [1.82, 2.24) is 9.78 Å². The normalized spacial score (nSPS) is 12.2. The number of aryl methyl sites for hydroxylation is 2. The van der Waals surface area contributed by atoms with Crippen LogP contribution in [0.2, 0.25) is 0 Å². The predicted octanol–water partition coefficient (Wildman–Crippen LogP) is 5.53. The first-order valence-electron chi connectivity index (χ1n) is 10.9. The molecule has 0 fully saturated rings. The van der Waals surface area contributed by atoms with E-state index in [4.69, 9.17) is 4.42 Å². The Bertz CT molecular complexity index is 1630. The molecule has 2 aromatic heterocycles. The van der Waals surface area contributed by atoms with Crippen molar-refractivity contribution in [3.63, 3.8) is 0 Å². The summed E-state index contributed by atoms with van der Waals surface area (Å²) >= 11 is 0. The SMILES string of the molecule is Cc1cc(C(C)Nc2ccccc2C(=O)O)c2oc(-c3cccc4nn(C)cc34)cc(=O)c2c1. The first-order valence-corrected chi connectivity index (χ1v) is 10.9. The quantitative estimate of drug-likeness (QED) is 0.363. The molecule has 3 aromatic carbocycles. The topological polar surface area (TPSA) is 97.4 Å². The second-order valence-corrected chi connectivity index (χ2v) is 8.46. The fraction of sp³-hybridized carbons (Fsp3) is 0.148. The molecule has 0 saturated heterocycles. The van der Waals surface area contributed by atoms with Crippen LogP contribution in [0.5, 0.6) is 0 Å². The zero-order chi connectivity index (χ0) is 24.0. The Kier molecular flexibility index (Phi) is 5.17. The van der Waals surface area contributed by atoms with Gasteiger partial charge in [0.2, 0.25) is 0 Å². The van der Waals surface area contributed by atoms with E-state index in [0.717, 1.165) is 27.6 Å². The maximum Gasteiger partial charge on any atom is 0.337 e. The van der Waals surface area contributed by atoms with Crippen LogP contribution < -0.4 is 10.7 Å². The minimum atomic E-state index is -1.01. The van der Waals surface area contributed by atoms with Gasteiger partial charge in [-0.25, -0.2) is 4.79 Å². The summed E-state index contributed by atoms with van der Waals surface area (Å²) in [5, 5.41) is 18.7. The average molecular weight is 453 g/mol. The molecular formula is C27H23N3O4. The van der Waals surface area contributed by atoms with E-state index < -0.39 is 5.97 Å². The van der Waals surface area contributed by atoms with Gasteiger partial charge in [0.05, 0.1) is 22.5 Å². The van der Waals surface area contributed by atoms with Crippen LogP contribution in [0, 0.1) is 6.92 Å². The number of nitrogens with one attached hydrogen (secondary N) is 1. The second kappa shape index (κ2) is 8.19. The Morgan fingerprint density at radius 3 is 2.68 bits per heavy atom. The fourth-order valence-electron chi connectivity index (χ4n) is 4.37. The molecule has 0 bridgehead atoms. The molecule has 170 valence electrons. The van der Waals surface area contributed by atoms with Crippen LogP contribution in [0.15, 0.2) is 76.1 Å². The van der Waals surface area contributed by atoms with E-state index >= 15 is 0 Å². The van der Waals surface area contributed by atoms with Crippen molar-refractivity contribution in [3.05, 3.63) is 93.8 Å². The molecular weight excluding hydrogens is 430 g/mol. The Hall–Kier alpha value is -4.39. The minimum Gasteiger partial charge on any atom is -0.478 e. The standard InChI is InChI=1S/C27H23N3O4/c1-15-11-19(16(2)28-22-9-5-4-7-18(22)27(32)33)26-20(12-15)24(31)13-25(34-26)17-8-6-10-23-21(17)14-30(3)29-23/h4-14,16,28H,1-3H3,(H,32,33). The Balaban J connectivity index is 1.68. The zero-order valence-electron chi connectivity index (χ0n) is 19.0. The number of rotatable bonds is 5. The van der Waals surface area contributed by atoms with E-state index in [1.165, 1.54) is 6.07 Å². The van der Waals surface area contributed by atoms with Gasteiger partial charge in [0, 0.05) is 41.5 Å². The lowest BCUT2D eigenvalue weighted by atomic mass is 10.00. The highest BCUT2D eigenvalue weighted by molar-refractivity contribution is 5.95. The summed E-state index contributed by atoms with van der Waals surface area (Å²) in [5.41, 5.74) is 4.29. The summed E-state index contributed by atoms with van der Waals surface area (Å²) in [5.74, 6) is -0.554. The Labute approximate surface area is 195 Å². The maximum atomic E-state index is 13.2. The highest BCUT2D eigenvalue weighted by atomic mass is 16.4. The molecule has 1 atom stereocenters. The van der Waals surface area contributed by atoms with E-state index in [0.29, 0.717) is 22.4 Å². The summed E-state index contributed by atoms with van der Waals surface area (Å²) in [6, 6.07) is 17.4. The molecule has 0 aliphatic heterocycles. The van der Waals surface area contributed by atoms with Crippen LogP contribution in [0.4, 0.5) is 5.69 Å². The molecule has 0 radical (unpaired) electrons. The van der Waals surface area contributed by atoms with Gasteiger partial charge >= 0.3 is 5.97 Å². The molecule has 2 heterocycles. The molecule has 0 saturated carbocycles. The summed E-state index contributed by atoms with van der Waals surface area (Å²) in [7, 11) is 1.85. The number of aromatic nitrogens is 2. The third-order valence-corrected chi connectivity index (χ3v) is 5.93. The van der Waals surface area contributed by atoms with Crippen molar-refractivity contribution < 1.29 is 14.3 Å². The van der Waals surface area contributed by atoms with Crippen LogP contribution in [-0.4, -0.2) is 20.9 Å². The van der Waals surface area contributed by atoms with E-state index in [2.05, 4.69) is 10.4 Å². The van der Waals surface area contributed by atoms with Gasteiger partial charge in [-0.2, -0.15) is 5.10 Å². The van der Waals surface area contributed by atoms with Gasteiger partial charge in [-0.15, -0.1) is 0 Å². The lowest BCUT2D eigenvalue weighted by Gasteiger charge is -2.19. The molecule has 0 aliphatic carbocycles. The molecule has 5 rings (SSSR count). The second-order valence-electron chi connectivity index (χ2n) is 8.46. The van der Waals surface area contributed by atoms with Gasteiger partial charge in [-0.3, -0.25) is 9.48 Å². The van der Waals surface area contributed by atoms with Crippen molar-refractivity contribution in [2.45, 2.75) is 19.9 Å². The van der Waals surface area contributed by atoms with E-state index in [1.54, 1.807) is 28.9 Å². The van der Waals surface area contributed by atoms with Crippen LogP contribution in [-0.2, 0) is 7.05 Å². The Morgan fingerprint density at radius 1 is 1.09 bits per heavy atom. The number of nitrogens with zero attached hydrogens (tertiary/aromatic N) is 2. The Morgan fingerprint density at radius 2 is 1.88 bits per heavy atom. The van der Waals surface area contributed by atoms with Crippen LogP contribution >= 0.6 is 0 Å². The van der Waals surface area contributed by atoms with Crippen molar-refractivity contribution in [3.8, 4) is 11.3 Å². The highest BCUT2D eigenvalue weighted by Gasteiger charge is 2.19. The third kappa shape index (κ3) is 3.71. The molecule has 0 amide bonds. The van der Waals surface area contributed by atoms with Gasteiger partial charge in [-0.1, -0.05) is 30.3 Å². The summed E-state index contributed by atoms with van der Waals surface area (Å²) in [6.07, 6.45) is 1.90. The first-order chi connectivity index (χ1) is 16.3. The van der Waals surface area contributed by atoms with Crippen LogP contribution in [0.25, 0.3) is 33.2 Å². The number of carboxylic acids is 1. The highest BCUT2D eigenvalue weighted by Crippen LogP contribution is 2.33. The summed E-state index contributed by atoms with van der Waals surface area (Å²) in [6.45, 7) is 3.84. The molecule has 0 aliphatic rings. The maximum absolute atomic E-state index is 13.2. The smallest absolute Gasteiger partial charge is 0.337 e. The monoisotopic (exact) mass is 453 g/mol. The fourth-order valence-corrected chi connectivity index (χ4v) is 4.37. The van der Waals surface area contributed by atoms with Crippen LogP contribution in [0.1, 0.15) is 34.5 Å². The van der Waals surface area contributed by atoms with E-state index in [9.17, 15) is 14.7 Å². The summed E-state index contributed by atoms with van der Waals surface area (Å²) in [4.78, 5) is 24.8. The zero-order valence-corrected chi connectivity index (χ0v) is 19.0. The molecule has 7 heteroatoms. The van der Waals surface area contributed by atoms with Gasteiger partial charge in [-0.05, 0) is 43.7 Å². The van der Waals surface area contributed by atoms with Gasteiger partial charge in [0.15, 0.2) is 5.43 Å². The number of anilines is 1. The average Bonchev–Trinajstić information content (AvgIpc) is 3.19. The molecule has 0 spiro atoms. The van der Waals surface area contributed by atoms with E-state index in [1.807, 2.05) is 57.4 Å². The number of para-hydroxylation sites is 1. The van der Waals surface area contributed by atoms with E-state index in [-0.39, 0.29) is 17.0 Å². The molecule has 5 aromatic rings. The van der Waals surface area contributed by atoms with Crippen LogP contribution in [0.3, 0.4) is 0 Å². The lowest BCUT2D eigenvalue weighted by molar-refractivity contribution is 0.0698. The summed E-state index contributed by atoms with van der Waals surface area (Å²) < 4.78 is 8.11. The number of benzene rings is 3. The number of fused-ring (bicyclic) bond motifs is 2. The van der Waals surface area contributed by atoms with Crippen molar-refractivity contribution in [1.29, 1.82) is 0 Å². The minimum absolute atomic E-state index is 0.139. The van der Waals surface area contributed by atoms with Gasteiger partial charge < -0.3 is 14.8 Å². The predicted molar refractivity (Wildman–Crippen MR) is 132 cm³/mol. The molecule has 34 heavy (non-hydrogen) atoms. The molecule has 2 N–H and O–H groups in total. The van der Waals surface area contributed by atoms with Gasteiger partial charge in [0.25, 0.3) is 0 Å². The largest absolute Gasteiger partial charge is 0.478 e. The molecule has 7 nitrogen and oxygen atoms in total. The number of hydrogen-bond donors (Lipinski definition) is 2. The van der Waals surface area contributed by atoms with Crippen molar-refractivity contribution >= 4 is 33.5 Å². The number of hydrogen-bond acceptors (Lipinski definition) is 5. The third-order valence-electron chi connectivity index (χ3n) is 5.93. The van der Waals surface area contributed by atoms with Crippen molar-refractivity contribution in [2.24, 2.45) is 7.05 Å². The number of aromatic carboxylic acids is 1. The number of carboxylic acid groups (broad SMARTS) is 1. The van der Waals surface area contributed by atoms with Crippen molar-refractivity contribution in [2.75, 3.05) is 5.32 Å². The number of carbonyl (C=O) groups is 1.